The predicted molar refractivity (Wildman–Crippen MR) is 92.1 cm³/mol. The van der Waals surface area contributed by atoms with Crippen molar-refractivity contribution < 1.29 is 14.3 Å². The number of piperidine rings is 2. The van der Waals surface area contributed by atoms with Crippen LogP contribution in [0.25, 0.3) is 0 Å². The van der Waals surface area contributed by atoms with E-state index in [1.165, 1.54) is 0 Å². The monoisotopic (exact) mass is 331 g/mol. The van der Waals surface area contributed by atoms with Gasteiger partial charge in [-0.15, -0.1) is 0 Å². The highest BCUT2D eigenvalue weighted by molar-refractivity contribution is 5.90. The number of rotatable bonds is 3. The van der Waals surface area contributed by atoms with Gasteiger partial charge in [-0.05, 0) is 56.4 Å². The summed E-state index contributed by atoms with van der Waals surface area (Å²) in [4.78, 5) is 26.1. The van der Waals surface area contributed by atoms with Gasteiger partial charge in [0.1, 0.15) is 5.75 Å². The van der Waals surface area contributed by atoms with Gasteiger partial charge in [0.15, 0.2) is 0 Å². The van der Waals surface area contributed by atoms with Crippen molar-refractivity contribution in [1.29, 1.82) is 0 Å². The first-order valence-electron chi connectivity index (χ1n) is 8.57. The fourth-order valence-electron chi connectivity index (χ4n) is 3.98. The average molecular weight is 331 g/mol. The molecule has 0 saturated carbocycles. The summed E-state index contributed by atoms with van der Waals surface area (Å²) in [7, 11) is 1.62. The molecule has 2 N–H and O–H groups in total. The van der Waals surface area contributed by atoms with Gasteiger partial charge in [0, 0.05) is 30.7 Å². The van der Waals surface area contributed by atoms with Crippen LogP contribution >= 0.6 is 0 Å². The molecule has 2 aliphatic heterocycles. The zero-order valence-electron chi connectivity index (χ0n) is 14.2. The molecule has 2 aliphatic rings. The summed E-state index contributed by atoms with van der Waals surface area (Å²) in [6.45, 7) is 1.55. The number of nitrogens with one attached hydrogen (secondary N) is 2. The van der Waals surface area contributed by atoms with Gasteiger partial charge in [-0.1, -0.05) is 0 Å². The van der Waals surface area contributed by atoms with Gasteiger partial charge in [-0.2, -0.15) is 0 Å². The molecule has 1 aromatic rings. The van der Waals surface area contributed by atoms with Crippen LogP contribution in [0.1, 0.15) is 39.0 Å². The molecule has 1 aromatic carbocycles. The van der Waals surface area contributed by atoms with E-state index in [2.05, 4.69) is 10.6 Å². The summed E-state index contributed by atoms with van der Waals surface area (Å²) < 4.78 is 5.14. The van der Waals surface area contributed by atoms with Crippen LogP contribution in [0, 0.1) is 0 Å². The Labute approximate surface area is 142 Å². The molecular weight excluding hydrogens is 306 g/mol. The summed E-state index contributed by atoms with van der Waals surface area (Å²) in [5, 5.41) is 6.01. The van der Waals surface area contributed by atoms with Crippen molar-refractivity contribution in [3.05, 3.63) is 24.3 Å². The summed E-state index contributed by atoms with van der Waals surface area (Å²) in [6, 6.07) is 7.89. The number of benzene rings is 1. The second-order valence-corrected chi connectivity index (χ2v) is 6.67. The number of fused-ring (bicyclic) bond motifs is 2. The van der Waals surface area contributed by atoms with Crippen molar-refractivity contribution in [2.24, 2.45) is 0 Å². The minimum Gasteiger partial charge on any atom is -0.497 e. The lowest BCUT2D eigenvalue weighted by molar-refractivity contribution is -0.120. The fourth-order valence-corrected chi connectivity index (χ4v) is 3.98. The molecule has 6 heteroatoms. The van der Waals surface area contributed by atoms with Crippen molar-refractivity contribution in [3.63, 3.8) is 0 Å². The van der Waals surface area contributed by atoms with Gasteiger partial charge in [0.05, 0.1) is 7.11 Å². The van der Waals surface area contributed by atoms with Crippen LogP contribution in [0.2, 0.25) is 0 Å². The van der Waals surface area contributed by atoms with E-state index in [0.29, 0.717) is 0 Å². The Bertz CT molecular complexity index is 588. The lowest BCUT2D eigenvalue weighted by atomic mass is 9.82. The van der Waals surface area contributed by atoms with E-state index in [1.54, 1.807) is 14.0 Å². The third-order valence-electron chi connectivity index (χ3n) is 4.96. The van der Waals surface area contributed by atoms with Crippen LogP contribution < -0.4 is 15.4 Å². The summed E-state index contributed by atoms with van der Waals surface area (Å²) in [5.41, 5.74) is 0.767. The molecule has 0 spiro atoms. The number of hydrogen-bond donors (Lipinski definition) is 2. The quantitative estimate of drug-likeness (QED) is 0.895. The van der Waals surface area contributed by atoms with Gasteiger partial charge in [-0.3, -0.25) is 4.79 Å². The van der Waals surface area contributed by atoms with Crippen molar-refractivity contribution in [1.82, 2.24) is 10.2 Å². The number of ether oxygens (including phenoxy) is 1. The van der Waals surface area contributed by atoms with Gasteiger partial charge in [0.25, 0.3) is 0 Å². The number of nitrogens with zero attached hydrogens (tertiary/aromatic N) is 1. The van der Waals surface area contributed by atoms with Crippen molar-refractivity contribution in [3.8, 4) is 5.75 Å². The summed E-state index contributed by atoms with van der Waals surface area (Å²) >= 11 is 0. The Morgan fingerprint density at radius 3 is 2.29 bits per heavy atom. The third-order valence-corrected chi connectivity index (χ3v) is 4.96. The third kappa shape index (κ3) is 3.63. The number of anilines is 1. The molecule has 0 unspecified atom stereocenters. The van der Waals surface area contributed by atoms with Crippen molar-refractivity contribution in [2.75, 3.05) is 12.4 Å². The molecule has 2 bridgehead atoms. The number of hydrogen-bond acceptors (Lipinski definition) is 3. The first-order valence-corrected chi connectivity index (χ1v) is 8.57. The maximum atomic E-state index is 12.8. The highest BCUT2D eigenvalue weighted by atomic mass is 16.5. The Balaban J connectivity index is 1.66. The number of amides is 3. The standard InChI is InChI=1S/C18H25N3O3/c1-12(22)19-14-10-15-4-3-5-16(11-14)21(15)18(23)20-13-6-8-17(24-2)9-7-13/h6-9,14-16H,3-5,10-11H2,1-2H3,(H,19,22)(H,20,23)/t15-,16-/m1/s1. The smallest absolute Gasteiger partial charge is 0.322 e. The number of carbonyl (C=O) groups excluding carboxylic acids is 2. The second-order valence-electron chi connectivity index (χ2n) is 6.67. The predicted octanol–water partition coefficient (Wildman–Crippen LogP) is 2.75. The molecule has 3 rings (SSSR count). The van der Waals surface area contributed by atoms with Gasteiger partial charge in [-0.25, -0.2) is 4.79 Å². The molecule has 24 heavy (non-hydrogen) atoms. The molecule has 2 fully saturated rings. The van der Waals surface area contributed by atoms with Crippen LogP contribution in [-0.2, 0) is 4.79 Å². The molecule has 130 valence electrons. The molecule has 2 saturated heterocycles. The average Bonchev–Trinajstić information content (AvgIpc) is 2.54. The first kappa shape index (κ1) is 16.6. The van der Waals surface area contributed by atoms with Crippen LogP contribution in [0.3, 0.4) is 0 Å². The van der Waals surface area contributed by atoms with Gasteiger partial charge < -0.3 is 20.3 Å². The van der Waals surface area contributed by atoms with Crippen molar-refractivity contribution >= 4 is 17.6 Å². The first-order chi connectivity index (χ1) is 11.6. The van der Waals surface area contributed by atoms with E-state index in [9.17, 15) is 9.59 Å². The van der Waals surface area contributed by atoms with E-state index in [1.807, 2.05) is 29.2 Å². The Hall–Kier alpha value is -2.24. The van der Waals surface area contributed by atoms with E-state index in [-0.39, 0.29) is 30.1 Å². The Kier molecular flexibility index (Phi) is 4.92. The topological polar surface area (TPSA) is 70.7 Å². The zero-order chi connectivity index (χ0) is 17.1. The van der Waals surface area contributed by atoms with Crippen LogP contribution in [0.5, 0.6) is 5.75 Å². The molecule has 3 amide bonds. The van der Waals surface area contributed by atoms with Crippen molar-refractivity contribution in [2.45, 2.75) is 57.2 Å². The highest BCUT2D eigenvalue weighted by Crippen LogP contribution is 2.34. The minimum atomic E-state index is -0.0452. The molecular formula is C18H25N3O3. The normalized spacial score (nSPS) is 25.8. The number of carbonyl (C=O) groups is 2. The second kappa shape index (κ2) is 7.11. The Morgan fingerprint density at radius 1 is 1.12 bits per heavy atom. The highest BCUT2D eigenvalue weighted by Gasteiger charge is 2.41. The summed E-state index contributed by atoms with van der Waals surface area (Å²) in [6.07, 6.45) is 4.83. The van der Waals surface area contributed by atoms with E-state index in [0.717, 1.165) is 43.5 Å². The number of methoxy groups -OCH3 is 1. The molecule has 2 heterocycles. The minimum absolute atomic E-state index is 0.00853. The fraction of sp³-hybridized carbons (Fsp3) is 0.556. The van der Waals surface area contributed by atoms with Crippen LogP contribution in [-0.4, -0.2) is 42.1 Å². The SMILES string of the molecule is COc1ccc(NC(=O)N2[C@@H]3CCC[C@@H]2CC(NC(C)=O)C3)cc1. The maximum Gasteiger partial charge on any atom is 0.322 e. The Morgan fingerprint density at radius 2 is 1.75 bits per heavy atom. The van der Waals surface area contributed by atoms with E-state index < -0.39 is 0 Å². The lowest BCUT2D eigenvalue weighted by Crippen LogP contribution is -2.59. The molecule has 0 aromatic heterocycles. The van der Waals surface area contributed by atoms with E-state index in [4.69, 9.17) is 4.74 Å². The maximum absolute atomic E-state index is 12.8. The molecule has 2 atom stereocenters. The van der Waals surface area contributed by atoms with Crippen LogP contribution in [0.4, 0.5) is 10.5 Å². The molecule has 0 aliphatic carbocycles. The lowest BCUT2D eigenvalue weighted by Gasteiger charge is -2.48. The summed E-state index contributed by atoms with van der Waals surface area (Å²) in [5.74, 6) is 0.773. The largest absolute Gasteiger partial charge is 0.497 e. The molecule has 6 nitrogen and oxygen atoms in total. The zero-order valence-corrected chi connectivity index (χ0v) is 14.2. The number of urea groups is 1. The van der Waals surface area contributed by atoms with Gasteiger partial charge >= 0.3 is 6.03 Å². The van der Waals surface area contributed by atoms with Gasteiger partial charge in [0.2, 0.25) is 5.91 Å². The van der Waals surface area contributed by atoms with E-state index >= 15 is 0 Å². The van der Waals surface area contributed by atoms with Crippen LogP contribution in [0.15, 0.2) is 24.3 Å². The molecule has 0 radical (unpaired) electrons.